The average molecular weight is 291 g/mol. The highest BCUT2D eigenvalue weighted by atomic mass is 16.5. The van der Waals surface area contributed by atoms with Gasteiger partial charge < -0.3 is 9.64 Å². The van der Waals surface area contributed by atoms with Gasteiger partial charge in [0.2, 0.25) is 5.88 Å². The van der Waals surface area contributed by atoms with Gasteiger partial charge in [0.15, 0.2) is 5.69 Å². The molecule has 0 N–H and O–H groups in total. The fraction of sp³-hybridized carbons (Fsp3) is 0.750. The minimum absolute atomic E-state index is 0.0578. The Bertz CT molecular complexity index is 480. The highest BCUT2D eigenvalue weighted by Crippen LogP contribution is 2.27. The van der Waals surface area contributed by atoms with Gasteiger partial charge in [0, 0.05) is 31.1 Å². The third-order valence-corrected chi connectivity index (χ3v) is 4.49. The molecule has 2 heterocycles. The molecule has 1 aromatic heterocycles. The predicted molar refractivity (Wildman–Crippen MR) is 80.5 cm³/mol. The molecule has 5 nitrogen and oxygen atoms in total. The number of carbonyl (C=O) groups is 1. The topological polar surface area (TPSA) is 47.4 Å². The lowest BCUT2D eigenvalue weighted by Gasteiger charge is -2.36. The molecule has 0 saturated heterocycles. The zero-order valence-corrected chi connectivity index (χ0v) is 13.0. The molecule has 5 heteroatoms. The number of aromatic nitrogens is 2. The van der Waals surface area contributed by atoms with E-state index in [-0.39, 0.29) is 11.9 Å². The summed E-state index contributed by atoms with van der Waals surface area (Å²) < 4.78 is 7.39. The Morgan fingerprint density at radius 3 is 2.76 bits per heavy atom. The van der Waals surface area contributed by atoms with Crippen LogP contribution >= 0.6 is 0 Å². The van der Waals surface area contributed by atoms with Crippen LogP contribution in [0.15, 0.2) is 6.07 Å². The molecular weight excluding hydrogens is 266 g/mol. The molecule has 0 spiro atoms. The molecule has 1 saturated carbocycles. The first-order chi connectivity index (χ1) is 10.2. The van der Waals surface area contributed by atoms with Crippen molar-refractivity contribution >= 4 is 5.91 Å². The van der Waals surface area contributed by atoms with Crippen LogP contribution in [0.1, 0.15) is 62.9 Å². The first kappa shape index (κ1) is 14.4. The Balaban J connectivity index is 1.81. The predicted octanol–water partition coefficient (Wildman–Crippen LogP) is 2.85. The van der Waals surface area contributed by atoms with Crippen molar-refractivity contribution in [1.29, 1.82) is 0 Å². The van der Waals surface area contributed by atoms with Gasteiger partial charge in [-0.2, -0.15) is 5.10 Å². The third-order valence-electron chi connectivity index (χ3n) is 4.49. The molecule has 1 aliphatic carbocycles. The molecule has 0 radical (unpaired) electrons. The van der Waals surface area contributed by atoms with E-state index in [4.69, 9.17) is 4.74 Å². The third kappa shape index (κ3) is 2.92. The summed E-state index contributed by atoms with van der Waals surface area (Å²) in [7, 11) is 0. The standard InChI is InChI=1S/C16H25N3O2/c1-12(2)19(13-7-4-3-5-8-13)16(20)14-11-15-18(17-14)9-6-10-21-15/h11-13H,3-10H2,1-2H3. The van der Waals surface area contributed by atoms with Crippen LogP contribution in [0.2, 0.25) is 0 Å². The maximum absolute atomic E-state index is 12.9. The first-order valence-electron chi connectivity index (χ1n) is 8.20. The van der Waals surface area contributed by atoms with E-state index in [1.54, 1.807) is 6.07 Å². The summed E-state index contributed by atoms with van der Waals surface area (Å²) >= 11 is 0. The minimum atomic E-state index is 0.0578. The molecule has 3 rings (SSSR count). The highest BCUT2D eigenvalue weighted by Gasteiger charge is 2.30. The molecule has 1 aliphatic heterocycles. The van der Waals surface area contributed by atoms with Crippen LogP contribution in [0.25, 0.3) is 0 Å². The van der Waals surface area contributed by atoms with Crippen LogP contribution in [0.4, 0.5) is 0 Å². The molecule has 1 amide bonds. The Morgan fingerprint density at radius 2 is 2.10 bits per heavy atom. The summed E-state index contributed by atoms with van der Waals surface area (Å²) in [5.41, 5.74) is 0.533. The van der Waals surface area contributed by atoms with Gasteiger partial charge in [-0.15, -0.1) is 0 Å². The summed E-state index contributed by atoms with van der Waals surface area (Å²) in [6.45, 7) is 5.75. The molecule has 1 aromatic rings. The maximum Gasteiger partial charge on any atom is 0.274 e. The van der Waals surface area contributed by atoms with E-state index in [1.165, 1.54) is 19.3 Å². The molecule has 0 unspecified atom stereocenters. The molecular formula is C16H25N3O2. The number of carbonyl (C=O) groups excluding carboxylic acids is 1. The van der Waals surface area contributed by atoms with Crippen molar-refractivity contribution in [2.45, 2.75) is 71.0 Å². The lowest BCUT2D eigenvalue weighted by molar-refractivity contribution is 0.0548. The van der Waals surface area contributed by atoms with Gasteiger partial charge in [-0.1, -0.05) is 19.3 Å². The summed E-state index contributed by atoms with van der Waals surface area (Å²) in [5.74, 6) is 0.791. The number of ether oxygens (including phenoxy) is 1. The van der Waals surface area contributed by atoms with Crippen molar-refractivity contribution in [3.8, 4) is 5.88 Å². The first-order valence-corrected chi connectivity index (χ1v) is 8.20. The zero-order valence-electron chi connectivity index (χ0n) is 13.0. The molecule has 116 valence electrons. The summed E-state index contributed by atoms with van der Waals surface area (Å²) in [4.78, 5) is 14.9. The van der Waals surface area contributed by atoms with Crippen LogP contribution < -0.4 is 4.74 Å². The van der Waals surface area contributed by atoms with Crippen LogP contribution in [0.3, 0.4) is 0 Å². The molecule has 21 heavy (non-hydrogen) atoms. The minimum Gasteiger partial charge on any atom is -0.478 e. The number of aryl methyl sites for hydroxylation is 1. The number of hydrogen-bond donors (Lipinski definition) is 0. The number of hydrogen-bond acceptors (Lipinski definition) is 3. The fourth-order valence-electron chi connectivity index (χ4n) is 3.49. The van der Waals surface area contributed by atoms with Gasteiger partial charge in [-0.25, -0.2) is 4.68 Å². The zero-order chi connectivity index (χ0) is 14.8. The van der Waals surface area contributed by atoms with Gasteiger partial charge in [-0.3, -0.25) is 4.79 Å². The van der Waals surface area contributed by atoms with Crippen molar-refractivity contribution in [1.82, 2.24) is 14.7 Å². The number of fused-ring (bicyclic) bond motifs is 1. The Hall–Kier alpha value is -1.52. The second kappa shape index (κ2) is 6.08. The van der Waals surface area contributed by atoms with E-state index in [1.807, 2.05) is 9.58 Å². The second-order valence-electron chi connectivity index (χ2n) is 6.39. The summed E-state index contributed by atoms with van der Waals surface area (Å²) in [5, 5.41) is 4.45. The average Bonchev–Trinajstić information content (AvgIpc) is 2.92. The monoisotopic (exact) mass is 291 g/mol. The van der Waals surface area contributed by atoms with Gasteiger partial charge >= 0.3 is 0 Å². The van der Waals surface area contributed by atoms with Gasteiger partial charge in [-0.05, 0) is 26.7 Å². The fourth-order valence-corrected chi connectivity index (χ4v) is 3.49. The van der Waals surface area contributed by atoms with Crippen molar-refractivity contribution in [2.24, 2.45) is 0 Å². The second-order valence-corrected chi connectivity index (χ2v) is 6.39. The van der Waals surface area contributed by atoms with Crippen LogP contribution in [0, 0.1) is 0 Å². The number of rotatable bonds is 3. The molecule has 0 aromatic carbocycles. The molecule has 0 atom stereocenters. The van der Waals surface area contributed by atoms with Gasteiger partial charge in [0.25, 0.3) is 5.91 Å². The van der Waals surface area contributed by atoms with Gasteiger partial charge in [0.1, 0.15) is 0 Å². The summed E-state index contributed by atoms with van der Waals surface area (Å²) in [6, 6.07) is 2.38. The number of amides is 1. The van der Waals surface area contributed by atoms with E-state index in [0.717, 1.165) is 38.3 Å². The normalized spacial score (nSPS) is 19.2. The van der Waals surface area contributed by atoms with Crippen molar-refractivity contribution in [2.75, 3.05) is 6.61 Å². The number of nitrogens with zero attached hydrogens (tertiary/aromatic N) is 3. The van der Waals surface area contributed by atoms with E-state index in [9.17, 15) is 4.79 Å². The van der Waals surface area contributed by atoms with E-state index in [0.29, 0.717) is 11.7 Å². The lowest BCUT2D eigenvalue weighted by atomic mass is 9.93. The van der Waals surface area contributed by atoms with Crippen LogP contribution in [-0.2, 0) is 6.54 Å². The SMILES string of the molecule is CC(C)N(C(=O)c1cc2n(n1)CCCO2)C1CCCCC1. The molecule has 1 fully saturated rings. The molecule has 0 bridgehead atoms. The highest BCUT2D eigenvalue weighted by molar-refractivity contribution is 5.93. The van der Waals surface area contributed by atoms with Crippen molar-refractivity contribution < 1.29 is 9.53 Å². The van der Waals surface area contributed by atoms with Crippen LogP contribution in [0.5, 0.6) is 5.88 Å². The Morgan fingerprint density at radius 1 is 1.33 bits per heavy atom. The largest absolute Gasteiger partial charge is 0.478 e. The Kier molecular flexibility index (Phi) is 4.17. The van der Waals surface area contributed by atoms with Crippen molar-refractivity contribution in [3.63, 3.8) is 0 Å². The van der Waals surface area contributed by atoms with E-state index < -0.39 is 0 Å². The van der Waals surface area contributed by atoms with E-state index in [2.05, 4.69) is 18.9 Å². The quantitative estimate of drug-likeness (QED) is 0.860. The molecule has 2 aliphatic rings. The maximum atomic E-state index is 12.9. The van der Waals surface area contributed by atoms with Gasteiger partial charge in [0.05, 0.1) is 6.61 Å². The van der Waals surface area contributed by atoms with E-state index >= 15 is 0 Å². The Labute approximate surface area is 126 Å². The smallest absolute Gasteiger partial charge is 0.274 e. The lowest BCUT2D eigenvalue weighted by Crippen LogP contribution is -2.45. The summed E-state index contributed by atoms with van der Waals surface area (Å²) in [6.07, 6.45) is 6.94. The van der Waals surface area contributed by atoms with Crippen LogP contribution in [-0.4, -0.2) is 39.3 Å². The van der Waals surface area contributed by atoms with Crippen molar-refractivity contribution in [3.05, 3.63) is 11.8 Å².